The maximum Gasteiger partial charge on any atom is 0.126 e. The highest BCUT2D eigenvalue weighted by Gasteiger charge is 2.02. The number of rotatable bonds is 8. The quantitative estimate of drug-likeness (QED) is 0.763. The van der Waals surface area contributed by atoms with E-state index in [-0.39, 0.29) is 0 Å². The summed E-state index contributed by atoms with van der Waals surface area (Å²) in [5.74, 6) is 0.969. The molecule has 0 fully saturated rings. The minimum Gasteiger partial charge on any atom is -0.370 e. The van der Waals surface area contributed by atoms with Crippen LogP contribution in [0.4, 0.5) is 5.82 Å². The molecule has 4 nitrogen and oxygen atoms in total. The first-order chi connectivity index (χ1) is 8.61. The van der Waals surface area contributed by atoms with E-state index in [2.05, 4.69) is 60.3 Å². The van der Waals surface area contributed by atoms with Gasteiger partial charge in [-0.25, -0.2) is 4.98 Å². The first-order valence-electron chi connectivity index (χ1n) is 6.64. The van der Waals surface area contributed by atoms with Crippen LogP contribution in [0.2, 0.25) is 0 Å². The average molecular weight is 250 g/mol. The number of nitrogens with one attached hydrogen (secondary N) is 1. The molecule has 0 unspecified atom stereocenters. The predicted molar refractivity (Wildman–Crippen MR) is 77.9 cm³/mol. The van der Waals surface area contributed by atoms with Gasteiger partial charge in [-0.3, -0.25) is 0 Å². The number of aromatic nitrogens is 1. The molecule has 0 atom stereocenters. The second-order valence-corrected chi connectivity index (χ2v) is 4.97. The van der Waals surface area contributed by atoms with Crippen LogP contribution < -0.4 is 5.32 Å². The van der Waals surface area contributed by atoms with Gasteiger partial charge in [0, 0.05) is 19.3 Å². The minimum atomic E-state index is 0.912. The topological polar surface area (TPSA) is 31.4 Å². The highest BCUT2D eigenvalue weighted by atomic mass is 15.1. The predicted octanol–water partition coefficient (Wildman–Crippen LogP) is 1.90. The van der Waals surface area contributed by atoms with Gasteiger partial charge < -0.3 is 15.1 Å². The smallest absolute Gasteiger partial charge is 0.126 e. The molecule has 0 amide bonds. The van der Waals surface area contributed by atoms with Crippen LogP contribution in [-0.2, 0) is 6.54 Å². The van der Waals surface area contributed by atoms with E-state index in [1.165, 1.54) is 12.0 Å². The van der Waals surface area contributed by atoms with Crippen molar-refractivity contribution in [2.75, 3.05) is 46.1 Å². The molecule has 1 aromatic rings. The van der Waals surface area contributed by atoms with Gasteiger partial charge in [0.15, 0.2) is 0 Å². The Balaban J connectivity index is 2.38. The summed E-state index contributed by atoms with van der Waals surface area (Å²) in [7, 11) is 6.40. The normalized spacial score (nSPS) is 11.2. The largest absolute Gasteiger partial charge is 0.370 e. The Morgan fingerprint density at radius 3 is 2.67 bits per heavy atom. The Hall–Kier alpha value is -1.13. The number of pyridine rings is 1. The third-order valence-electron chi connectivity index (χ3n) is 2.78. The van der Waals surface area contributed by atoms with Crippen LogP contribution in [0.1, 0.15) is 18.9 Å². The maximum atomic E-state index is 4.29. The highest BCUT2D eigenvalue weighted by Crippen LogP contribution is 2.08. The van der Waals surface area contributed by atoms with E-state index < -0.39 is 0 Å². The lowest BCUT2D eigenvalue weighted by molar-refractivity contribution is 0.294. The number of nitrogens with zero attached hydrogens (tertiary/aromatic N) is 3. The van der Waals surface area contributed by atoms with Crippen molar-refractivity contribution >= 4 is 5.82 Å². The Kier molecular flexibility index (Phi) is 6.68. The average Bonchev–Trinajstić information content (AvgIpc) is 2.29. The Morgan fingerprint density at radius 2 is 2.00 bits per heavy atom. The zero-order chi connectivity index (χ0) is 13.4. The van der Waals surface area contributed by atoms with Crippen LogP contribution in [-0.4, -0.2) is 55.6 Å². The van der Waals surface area contributed by atoms with Crippen LogP contribution >= 0.6 is 0 Å². The number of anilines is 1. The van der Waals surface area contributed by atoms with Crippen LogP contribution in [0, 0.1) is 0 Å². The Bertz CT molecular complexity index is 338. The molecule has 0 aromatic carbocycles. The molecule has 0 saturated heterocycles. The van der Waals surface area contributed by atoms with Gasteiger partial charge in [0.05, 0.1) is 0 Å². The molecule has 0 aliphatic heterocycles. The zero-order valence-electron chi connectivity index (χ0n) is 12.1. The van der Waals surface area contributed by atoms with E-state index in [4.69, 9.17) is 0 Å². The van der Waals surface area contributed by atoms with E-state index in [1.807, 2.05) is 6.20 Å². The maximum absolute atomic E-state index is 4.29. The van der Waals surface area contributed by atoms with Gasteiger partial charge in [-0.05, 0) is 65.3 Å². The van der Waals surface area contributed by atoms with Crippen LogP contribution in [0.3, 0.4) is 0 Å². The van der Waals surface area contributed by atoms with E-state index in [0.717, 1.165) is 32.0 Å². The molecule has 1 N–H and O–H groups in total. The molecule has 4 heteroatoms. The zero-order valence-corrected chi connectivity index (χ0v) is 12.1. The molecule has 1 aromatic heterocycles. The van der Waals surface area contributed by atoms with Crippen molar-refractivity contribution in [1.29, 1.82) is 0 Å². The van der Waals surface area contributed by atoms with Crippen LogP contribution in [0.15, 0.2) is 18.3 Å². The fourth-order valence-corrected chi connectivity index (χ4v) is 1.90. The van der Waals surface area contributed by atoms with E-state index in [1.54, 1.807) is 0 Å². The number of hydrogen-bond donors (Lipinski definition) is 1. The van der Waals surface area contributed by atoms with Gasteiger partial charge in [-0.1, -0.05) is 0 Å². The molecule has 0 radical (unpaired) electrons. The van der Waals surface area contributed by atoms with Crippen molar-refractivity contribution in [2.45, 2.75) is 19.9 Å². The lowest BCUT2D eigenvalue weighted by atomic mass is 10.2. The Labute approximate surface area is 111 Å². The summed E-state index contributed by atoms with van der Waals surface area (Å²) < 4.78 is 0. The fraction of sp³-hybridized carbons (Fsp3) is 0.643. The molecule has 0 saturated carbocycles. The third kappa shape index (κ3) is 5.98. The van der Waals surface area contributed by atoms with Gasteiger partial charge in [0.25, 0.3) is 0 Å². The van der Waals surface area contributed by atoms with Crippen molar-refractivity contribution in [1.82, 2.24) is 14.8 Å². The standard InChI is InChI=1S/C14H26N4/c1-5-15-14-11-13(7-8-16-14)12-18(4)10-6-9-17(2)3/h7-8,11H,5-6,9-10,12H2,1-4H3,(H,15,16). The molecule has 0 aliphatic rings. The molecule has 102 valence electrons. The summed E-state index contributed by atoms with van der Waals surface area (Å²) in [6, 6.07) is 4.22. The summed E-state index contributed by atoms with van der Waals surface area (Å²) >= 11 is 0. The molecule has 0 aliphatic carbocycles. The third-order valence-corrected chi connectivity index (χ3v) is 2.78. The lowest BCUT2D eigenvalue weighted by Gasteiger charge is -2.18. The second-order valence-electron chi connectivity index (χ2n) is 4.97. The fourth-order valence-electron chi connectivity index (χ4n) is 1.90. The van der Waals surface area contributed by atoms with E-state index in [0.29, 0.717) is 0 Å². The summed E-state index contributed by atoms with van der Waals surface area (Å²) in [5, 5.41) is 3.24. The van der Waals surface area contributed by atoms with Crippen molar-refractivity contribution in [3.8, 4) is 0 Å². The summed E-state index contributed by atoms with van der Waals surface area (Å²) in [6.07, 6.45) is 3.08. The van der Waals surface area contributed by atoms with Crippen LogP contribution in [0.5, 0.6) is 0 Å². The summed E-state index contributed by atoms with van der Waals surface area (Å²) in [4.78, 5) is 8.87. The summed E-state index contributed by atoms with van der Waals surface area (Å²) in [5.41, 5.74) is 1.31. The molecule has 1 rings (SSSR count). The molecular formula is C14H26N4. The van der Waals surface area contributed by atoms with Gasteiger partial charge in [-0.15, -0.1) is 0 Å². The van der Waals surface area contributed by atoms with E-state index in [9.17, 15) is 0 Å². The van der Waals surface area contributed by atoms with Crippen molar-refractivity contribution in [3.05, 3.63) is 23.9 Å². The molecule has 0 bridgehead atoms. The van der Waals surface area contributed by atoms with Gasteiger partial charge >= 0.3 is 0 Å². The first kappa shape index (κ1) is 14.9. The molecular weight excluding hydrogens is 224 g/mol. The second kappa shape index (κ2) is 8.06. The lowest BCUT2D eigenvalue weighted by Crippen LogP contribution is -2.23. The van der Waals surface area contributed by atoms with Gasteiger partial charge in [0.1, 0.15) is 5.82 Å². The number of hydrogen-bond acceptors (Lipinski definition) is 4. The highest BCUT2D eigenvalue weighted by molar-refractivity contribution is 5.37. The summed E-state index contributed by atoms with van der Waals surface area (Å²) in [6.45, 7) is 6.24. The monoisotopic (exact) mass is 250 g/mol. The minimum absolute atomic E-state index is 0.912. The van der Waals surface area contributed by atoms with Crippen molar-refractivity contribution < 1.29 is 0 Å². The van der Waals surface area contributed by atoms with Gasteiger partial charge in [0.2, 0.25) is 0 Å². The van der Waals surface area contributed by atoms with Gasteiger partial charge in [-0.2, -0.15) is 0 Å². The molecule has 18 heavy (non-hydrogen) atoms. The first-order valence-corrected chi connectivity index (χ1v) is 6.64. The van der Waals surface area contributed by atoms with Crippen molar-refractivity contribution in [2.24, 2.45) is 0 Å². The Morgan fingerprint density at radius 1 is 1.22 bits per heavy atom. The van der Waals surface area contributed by atoms with Crippen molar-refractivity contribution in [3.63, 3.8) is 0 Å². The van der Waals surface area contributed by atoms with E-state index >= 15 is 0 Å². The molecule has 1 heterocycles. The molecule has 0 spiro atoms. The van der Waals surface area contributed by atoms with Crippen LogP contribution in [0.25, 0.3) is 0 Å². The SMILES string of the molecule is CCNc1cc(CN(C)CCCN(C)C)ccn1.